The highest BCUT2D eigenvalue weighted by atomic mass is 19.4. The maximum atomic E-state index is 12.5. The molecular formula is C24H24F3N3O4. The van der Waals surface area contributed by atoms with E-state index in [1.54, 1.807) is 4.90 Å². The van der Waals surface area contributed by atoms with Crippen molar-refractivity contribution in [1.29, 1.82) is 0 Å². The van der Waals surface area contributed by atoms with Gasteiger partial charge in [0.2, 0.25) is 17.6 Å². The van der Waals surface area contributed by atoms with Crippen LogP contribution in [0.1, 0.15) is 50.1 Å². The predicted octanol–water partition coefficient (Wildman–Crippen LogP) is 5.68. The van der Waals surface area contributed by atoms with Crippen molar-refractivity contribution in [3.63, 3.8) is 0 Å². The van der Waals surface area contributed by atoms with Gasteiger partial charge in [0, 0.05) is 18.5 Å². The fraction of sp³-hybridized carbons (Fsp3) is 0.375. The van der Waals surface area contributed by atoms with Crippen LogP contribution in [-0.2, 0) is 11.3 Å². The van der Waals surface area contributed by atoms with E-state index in [1.807, 2.05) is 24.3 Å². The third-order valence-electron chi connectivity index (χ3n) is 5.44. The third kappa shape index (κ3) is 5.86. The lowest BCUT2D eigenvalue weighted by Crippen LogP contribution is -2.27. The Morgan fingerprint density at radius 3 is 2.47 bits per heavy atom. The summed E-state index contributed by atoms with van der Waals surface area (Å²) in [5.74, 6) is 1.09. The number of carbonyl (C=O) groups is 1. The molecule has 1 atom stereocenters. The number of unbranched alkanes of at least 4 members (excludes halogenated alkanes) is 1. The smallest absolute Gasteiger partial charge is 0.494 e. The summed E-state index contributed by atoms with van der Waals surface area (Å²) in [6.07, 6.45) is -1.88. The highest BCUT2D eigenvalue weighted by Crippen LogP contribution is 2.34. The second kappa shape index (κ2) is 10.1. The van der Waals surface area contributed by atoms with Crippen LogP contribution in [0, 0.1) is 0 Å². The molecule has 3 aromatic rings. The van der Waals surface area contributed by atoms with Gasteiger partial charge < -0.3 is 18.9 Å². The van der Waals surface area contributed by atoms with Crippen LogP contribution in [0.15, 0.2) is 53.1 Å². The summed E-state index contributed by atoms with van der Waals surface area (Å²) in [4.78, 5) is 18.6. The van der Waals surface area contributed by atoms with Crippen LogP contribution in [0.4, 0.5) is 13.2 Å². The molecule has 0 bridgehead atoms. The summed E-state index contributed by atoms with van der Waals surface area (Å²) in [7, 11) is 0. The van der Waals surface area contributed by atoms with E-state index in [0.29, 0.717) is 36.7 Å². The topological polar surface area (TPSA) is 77.7 Å². The van der Waals surface area contributed by atoms with Crippen LogP contribution >= 0.6 is 0 Å². The van der Waals surface area contributed by atoms with Gasteiger partial charge in [-0.2, -0.15) is 4.98 Å². The van der Waals surface area contributed by atoms with Crippen molar-refractivity contribution in [3.05, 3.63) is 60.0 Å². The first kappa shape index (κ1) is 23.6. The molecule has 0 aliphatic carbocycles. The number of hydrogen-bond acceptors (Lipinski definition) is 6. The standard InChI is InChI=1S/C24H24F3N3O4/c1-2-3-14-32-18-10-6-17(7-11-18)22-28-23(34-29-22)20-12-13-21(31)30(20)15-16-4-8-19(9-5-16)33-24(25,26)27/h4-11,20H,2-3,12-15H2,1H3. The third-order valence-corrected chi connectivity index (χ3v) is 5.44. The Kier molecular flexibility index (Phi) is 7.04. The molecule has 2 aromatic carbocycles. The SMILES string of the molecule is CCCCOc1ccc(-c2noc(C3CCC(=O)N3Cc3ccc(OC(F)(F)F)cc3)n2)cc1. The molecule has 180 valence electrons. The molecule has 1 aliphatic rings. The summed E-state index contributed by atoms with van der Waals surface area (Å²) in [5, 5.41) is 4.06. The Morgan fingerprint density at radius 2 is 1.79 bits per heavy atom. The number of ether oxygens (including phenoxy) is 2. The Morgan fingerprint density at radius 1 is 1.09 bits per heavy atom. The van der Waals surface area contributed by atoms with Crippen LogP contribution in [0.3, 0.4) is 0 Å². The van der Waals surface area contributed by atoms with E-state index >= 15 is 0 Å². The van der Waals surface area contributed by atoms with Gasteiger partial charge in [-0.1, -0.05) is 30.6 Å². The van der Waals surface area contributed by atoms with Gasteiger partial charge in [-0.05, 0) is 54.8 Å². The molecule has 34 heavy (non-hydrogen) atoms. The molecule has 1 saturated heterocycles. The van der Waals surface area contributed by atoms with Gasteiger partial charge >= 0.3 is 6.36 Å². The largest absolute Gasteiger partial charge is 0.573 e. The van der Waals surface area contributed by atoms with Gasteiger partial charge in [-0.15, -0.1) is 13.2 Å². The van der Waals surface area contributed by atoms with Crippen molar-refractivity contribution in [2.24, 2.45) is 0 Å². The van der Waals surface area contributed by atoms with Crippen LogP contribution in [0.2, 0.25) is 0 Å². The lowest BCUT2D eigenvalue weighted by Gasteiger charge is -2.22. The number of carbonyl (C=O) groups excluding carboxylic acids is 1. The number of nitrogens with zero attached hydrogens (tertiary/aromatic N) is 3. The number of amides is 1. The van der Waals surface area contributed by atoms with Crippen molar-refractivity contribution >= 4 is 5.91 Å². The Labute approximate surface area is 194 Å². The fourth-order valence-corrected chi connectivity index (χ4v) is 3.70. The monoisotopic (exact) mass is 475 g/mol. The molecule has 0 spiro atoms. The molecule has 7 nitrogen and oxygen atoms in total. The molecule has 1 fully saturated rings. The number of likely N-dealkylation sites (tertiary alicyclic amines) is 1. The quantitative estimate of drug-likeness (QED) is 0.371. The molecule has 1 unspecified atom stereocenters. The van der Waals surface area contributed by atoms with E-state index in [2.05, 4.69) is 21.8 Å². The summed E-state index contributed by atoms with van der Waals surface area (Å²) < 4.78 is 52.1. The molecule has 4 rings (SSSR count). The molecule has 10 heteroatoms. The summed E-state index contributed by atoms with van der Waals surface area (Å²) >= 11 is 0. The molecule has 0 N–H and O–H groups in total. The molecule has 1 amide bonds. The van der Waals surface area contributed by atoms with Gasteiger partial charge in [0.25, 0.3) is 0 Å². The van der Waals surface area contributed by atoms with Crippen LogP contribution in [-0.4, -0.2) is 33.9 Å². The van der Waals surface area contributed by atoms with Gasteiger partial charge in [-0.3, -0.25) is 4.79 Å². The summed E-state index contributed by atoms with van der Waals surface area (Å²) in [6.45, 7) is 2.96. The van der Waals surface area contributed by atoms with E-state index < -0.39 is 12.4 Å². The Balaban J connectivity index is 1.43. The minimum atomic E-state index is -4.75. The van der Waals surface area contributed by atoms with Crippen molar-refractivity contribution in [2.45, 2.75) is 51.6 Å². The van der Waals surface area contributed by atoms with E-state index in [9.17, 15) is 18.0 Å². The molecule has 0 saturated carbocycles. The summed E-state index contributed by atoms with van der Waals surface area (Å²) in [6, 6.07) is 12.4. The Bertz CT molecular complexity index is 1100. The second-order valence-electron chi connectivity index (χ2n) is 7.95. The van der Waals surface area contributed by atoms with E-state index in [1.165, 1.54) is 24.3 Å². The first-order valence-electron chi connectivity index (χ1n) is 11.0. The minimum absolute atomic E-state index is 0.0889. The second-order valence-corrected chi connectivity index (χ2v) is 7.95. The van der Waals surface area contributed by atoms with Crippen molar-refractivity contribution in [2.75, 3.05) is 6.61 Å². The van der Waals surface area contributed by atoms with Gasteiger partial charge in [-0.25, -0.2) is 0 Å². The predicted molar refractivity (Wildman–Crippen MR) is 116 cm³/mol. The first-order chi connectivity index (χ1) is 16.3. The van der Waals surface area contributed by atoms with Crippen molar-refractivity contribution < 1.29 is 32.0 Å². The number of rotatable bonds is 9. The lowest BCUT2D eigenvalue weighted by molar-refractivity contribution is -0.274. The average Bonchev–Trinajstić information content (AvgIpc) is 3.42. The van der Waals surface area contributed by atoms with E-state index in [-0.39, 0.29) is 18.2 Å². The maximum Gasteiger partial charge on any atom is 0.573 e. The van der Waals surface area contributed by atoms with Crippen LogP contribution in [0.25, 0.3) is 11.4 Å². The maximum absolute atomic E-state index is 12.5. The van der Waals surface area contributed by atoms with Crippen molar-refractivity contribution in [3.8, 4) is 22.9 Å². The molecule has 1 aliphatic heterocycles. The van der Waals surface area contributed by atoms with Gasteiger partial charge in [0.05, 0.1) is 6.61 Å². The molecule has 1 aromatic heterocycles. The summed E-state index contributed by atoms with van der Waals surface area (Å²) in [5.41, 5.74) is 1.42. The zero-order chi connectivity index (χ0) is 24.1. The first-order valence-corrected chi connectivity index (χ1v) is 11.0. The van der Waals surface area contributed by atoms with E-state index in [0.717, 1.165) is 24.2 Å². The lowest BCUT2D eigenvalue weighted by atomic mass is 10.1. The number of halogens is 3. The van der Waals surface area contributed by atoms with Crippen LogP contribution < -0.4 is 9.47 Å². The highest BCUT2D eigenvalue weighted by molar-refractivity contribution is 5.78. The minimum Gasteiger partial charge on any atom is -0.494 e. The average molecular weight is 475 g/mol. The number of benzene rings is 2. The number of alkyl halides is 3. The normalized spacial score (nSPS) is 16.2. The number of aromatic nitrogens is 2. The Hall–Kier alpha value is -3.56. The van der Waals surface area contributed by atoms with Crippen LogP contribution in [0.5, 0.6) is 11.5 Å². The number of hydrogen-bond donors (Lipinski definition) is 0. The van der Waals surface area contributed by atoms with Gasteiger partial charge in [0.15, 0.2) is 0 Å². The molecule has 0 radical (unpaired) electrons. The molecule has 2 heterocycles. The fourth-order valence-electron chi connectivity index (χ4n) is 3.70. The zero-order valence-electron chi connectivity index (χ0n) is 18.5. The molecular weight excluding hydrogens is 451 g/mol. The highest BCUT2D eigenvalue weighted by Gasteiger charge is 2.36. The van der Waals surface area contributed by atoms with Gasteiger partial charge in [0.1, 0.15) is 17.5 Å². The zero-order valence-corrected chi connectivity index (χ0v) is 18.5. The van der Waals surface area contributed by atoms with Crippen molar-refractivity contribution in [1.82, 2.24) is 15.0 Å². The van der Waals surface area contributed by atoms with E-state index in [4.69, 9.17) is 9.26 Å².